The van der Waals surface area contributed by atoms with Crippen molar-refractivity contribution < 1.29 is 9.90 Å². The number of likely N-dealkylation sites (tertiary alicyclic amines) is 1. The fourth-order valence-electron chi connectivity index (χ4n) is 3.51. The lowest BCUT2D eigenvalue weighted by Crippen LogP contribution is -2.56. The Labute approximate surface area is 143 Å². The van der Waals surface area contributed by atoms with E-state index in [2.05, 4.69) is 18.7 Å². The maximum absolute atomic E-state index is 11.3. The number of nitrogens with zero attached hydrogens (tertiary/aromatic N) is 1. The number of rotatable bonds is 5. The number of hydrogen-bond donors (Lipinski definition) is 2. The number of carbonyl (C=O) groups excluding carboxylic acids is 1. The molecule has 0 saturated carbocycles. The average Bonchev–Trinajstić information content (AvgIpc) is 2.50. The van der Waals surface area contributed by atoms with Crippen LogP contribution in [0.25, 0.3) is 0 Å². The minimum Gasteiger partial charge on any atom is -0.385 e. The van der Waals surface area contributed by atoms with Gasteiger partial charge in [0.2, 0.25) is 0 Å². The van der Waals surface area contributed by atoms with Gasteiger partial charge in [-0.2, -0.15) is 0 Å². The summed E-state index contributed by atoms with van der Waals surface area (Å²) >= 11 is 5.96. The van der Waals surface area contributed by atoms with Gasteiger partial charge >= 0.3 is 0 Å². The quantitative estimate of drug-likeness (QED) is 0.809. The summed E-state index contributed by atoms with van der Waals surface area (Å²) in [5.41, 5.74) is 5.51. The summed E-state index contributed by atoms with van der Waals surface area (Å²) in [6.45, 7) is 8.45. The van der Waals surface area contributed by atoms with E-state index in [1.54, 1.807) is 0 Å². The second-order valence-electron chi connectivity index (χ2n) is 7.43. The summed E-state index contributed by atoms with van der Waals surface area (Å²) in [5.74, 6) is 0.102. The van der Waals surface area contributed by atoms with Gasteiger partial charge in [0.15, 0.2) is 0 Å². The molecule has 0 aromatic heterocycles. The molecule has 0 spiro atoms. The first-order valence-electron chi connectivity index (χ1n) is 8.11. The lowest BCUT2D eigenvalue weighted by Gasteiger charge is -2.51. The number of aldehydes is 1. The summed E-state index contributed by atoms with van der Waals surface area (Å²) in [4.78, 5) is 13.1. The zero-order chi connectivity index (χ0) is 17.3. The van der Waals surface area contributed by atoms with Crippen LogP contribution in [0.3, 0.4) is 0 Å². The largest absolute Gasteiger partial charge is 0.385 e. The van der Waals surface area contributed by atoms with Gasteiger partial charge < -0.3 is 20.5 Å². The van der Waals surface area contributed by atoms with Crippen LogP contribution < -0.4 is 5.73 Å². The predicted molar refractivity (Wildman–Crippen MR) is 93.4 cm³/mol. The molecule has 4 nitrogen and oxygen atoms in total. The van der Waals surface area contributed by atoms with Gasteiger partial charge in [-0.15, -0.1) is 0 Å². The van der Waals surface area contributed by atoms with Crippen molar-refractivity contribution in [1.82, 2.24) is 4.90 Å². The highest BCUT2D eigenvalue weighted by atomic mass is 35.5. The van der Waals surface area contributed by atoms with Crippen molar-refractivity contribution in [2.45, 2.75) is 38.8 Å². The minimum atomic E-state index is -0.885. The van der Waals surface area contributed by atoms with Crippen LogP contribution in [-0.2, 0) is 10.4 Å². The molecule has 5 heteroatoms. The van der Waals surface area contributed by atoms with E-state index in [0.29, 0.717) is 11.4 Å². The average molecular weight is 339 g/mol. The molecule has 1 aliphatic heterocycles. The fraction of sp³-hybridized carbons (Fsp3) is 0.611. The van der Waals surface area contributed by atoms with Crippen molar-refractivity contribution in [3.63, 3.8) is 0 Å². The van der Waals surface area contributed by atoms with Gasteiger partial charge in [0.05, 0.1) is 11.6 Å². The van der Waals surface area contributed by atoms with E-state index in [9.17, 15) is 9.90 Å². The molecule has 0 amide bonds. The van der Waals surface area contributed by atoms with Crippen molar-refractivity contribution in [2.24, 2.45) is 17.1 Å². The molecule has 0 radical (unpaired) electrons. The molecule has 3 N–H and O–H groups in total. The Morgan fingerprint density at radius 1 is 1.39 bits per heavy atom. The Kier molecular flexibility index (Phi) is 5.52. The SMILES string of the molecule is CC(CN1CC[C@](O)(c2ccc(Cl)cc2)C(C)(C)C1)C(N)C=O. The number of nitrogens with two attached hydrogens (primary N) is 1. The molecule has 2 unspecified atom stereocenters. The summed E-state index contributed by atoms with van der Waals surface area (Å²) in [6.07, 6.45) is 1.45. The van der Waals surface area contributed by atoms with Gasteiger partial charge in [-0.3, -0.25) is 0 Å². The second-order valence-corrected chi connectivity index (χ2v) is 7.86. The summed E-state index contributed by atoms with van der Waals surface area (Å²) in [6, 6.07) is 7.02. The third-order valence-corrected chi connectivity index (χ3v) is 5.46. The normalized spacial score (nSPS) is 27.4. The van der Waals surface area contributed by atoms with Crippen LogP contribution in [0, 0.1) is 11.3 Å². The third kappa shape index (κ3) is 3.77. The van der Waals surface area contributed by atoms with Crippen LogP contribution in [-0.4, -0.2) is 42.0 Å². The molecule has 128 valence electrons. The molecule has 1 aliphatic rings. The molecule has 1 aromatic rings. The molecule has 0 aliphatic carbocycles. The molecule has 1 aromatic carbocycles. The monoisotopic (exact) mass is 338 g/mol. The Balaban J connectivity index is 2.13. The Hall–Kier alpha value is -0.940. The number of halogens is 1. The first kappa shape index (κ1) is 18.4. The van der Waals surface area contributed by atoms with E-state index in [-0.39, 0.29) is 11.3 Å². The van der Waals surface area contributed by atoms with E-state index in [4.69, 9.17) is 17.3 Å². The fourth-order valence-corrected chi connectivity index (χ4v) is 3.63. The maximum atomic E-state index is 11.3. The Morgan fingerprint density at radius 2 is 2.00 bits per heavy atom. The zero-order valence-corrected chi connectivity index (χ0v) is 14.9. The maximum Gasteiger partial charge on any atom is 0.137 e. The van der Waals surface area contributed by atoms with Crippen molar-refractivity contribution in [3.8, 4) is 0 Å². The topological polar surface area (TPSA) is 66.6 Å². The number of piperidine rings is 1. The second kappa shape index (κ2) is 6.89. The van der Waals surface area contributed by atoms with Crippen LogP contribution in [0.2, 0.25) is 5.02 Å². The molecular formula is C18H27ClN2O2. The van der Waals surface area contributed by atoms with Crippen LogP contribution >= 0.6 is 11.6 Å². The van der Waals surface area contributed by atoms with Crippen molar-refractivity contribution in [2.75, 3.05) is 19.6 Å². The molecule has 0 bridgehead atoms. The van der Waals surface area contributed by atoms with Crippen molar-refractivity contribution >= 4 is 17.9 Å². The minimum absolute atomic E-state index is 0.102. The Morgan fingerprint density at radius 3 is 2.52 bits per heavy atom. The summed E-state index contributed by atoms with van der Waals surface area (Å²) in [5, 5.41) is 12.0. The number of carbonyl (C=O) groups is 1. The predicted octanol–water partition coefficient (Wildman–Crippen LogP) is 2.42. The van der Waals surface area contributed by atoms with Gasteiger partial charge in [-0.05, 0) is 30.0 Å². The molecular weight excluding hydrogens is 312 g/mol. The van der Waals surface area contributed by atoms with E-state index in [1.807, 2.05) is 31.2 Å². The van der Waals surface area contributed by atoms with Crippen LogP contribution in [0.15, 0.2) is 24.3 Å². The first-order valence-corrected chi connectivity index (χ1v) is 8.49. The summed E-state index contributed by atoms with van der Waals surface area (Å²) in [7, 11) is 0. The third-order valence-electron chi connectivity index (χ3n) is 5.21. The number of hydrogen-bond acceptors (Lipinski definition) is 4. The smallest absolute Gasteiger partial charge is 0.137 e. The number of aliphatic hydroxyl groups is 1. The van der Waals surface area contributed by atoms with Crippen LogP contribution in [0.4, 0.5) is 0 Å². The van der Waals surface area contributed by atoms with Gasteiger partial charge in [-0.25, -0.2) is 0 Å². The van der Waals surface area contributed by atoms with E-state index >= 15 is 0 Å². The van der Waals surface area contributed by atoms with E-state index < -0.39 is 11.6 Å². The van der Waals surface area contributed by atoms with Gasteiger partial charge in [-0.1, -0.05) is 44.5 Å². The first-order chi connectivity index (χ1) is 10.7. The van der Waals surface area contributed by atoms with Crippen LogP contribution in [0.5, 0.6) is 0 Å². The van der Waals surface area contributed by atoms with Crippen molar-refractivity contribution in [1.29, 1.82) is 0 Å². The summed E-state index contributed by atoms with van der Waals surface area (Å²) < 4.78 is 0. The van der Waals surface area contributed by atoms with Gasteiger partial charge in [0, 0.05) is 30.1 Å². The molecule has 23 heavy (non-hydrogen) atoms. The Bertz CT molecular complexity index is 546. The molecule has 1 saturated heterocycles. The van der Waals surface area contributed by atoms with Gasteiger partial charge in [0.25, 0.3) is 0 Å². The molecule has 1 heterocycles. The molecule has 1 fully saturated rings. The van der Waals surface area contributed by atoms with Gasteiger partial charge in [0.1, 0.15) is 6.29 Å². The van der Waals surface area contributed by atoms with Crippen LogP contribution in [0.1, 0.15) is 32.8 Å². The van der Waals surface area contributed by atoms with E-state index in [1.165, 1.54) is 0 Å². The lowest BCUT2D eigenvalue weighted by atomic mass is 9.66. The molecule has 3 atom stereocenters. The van der Waals surface area contributed by atoms with Crippen molar-refractivity contribution in [3.05, 3.63) is 34.9 Å². The highest BCUT2D eigenvalue weighted by molar-refractivity contribution is 6.30. The number of benzene rings is 1. The zero-order valence-electron chi connectivity index (χ0n) is 14.1. The lowest BCUT2D eigenvalue weighted by molar-refractivity contribution is -0.128. The molecule has 2 rings (SSSR count). The standard InChI is InChI=1S/C18H27ClN2O2/c1-13(16(20)11-22)10-21-9-8-18(23,17(2,3)12-21)14-4-6-15(19)7-5-14/h4-7,11,13,16,23H,8-10,12,20H2,1-3H3/t13?,16?,18-/m0/s1. The highest BCUT2D eigenvalue weighted by Gasteiger charge is 2.48. The highest BCUT2D eigenvalue weighted by Crippen LogP contribution is 2.46. The van der Waals surface area contributed by atoms with E-state index in [0.717, 1.165) is 31.5 Å².